The lowest BCUT2D eigenvalue weighted by molar-refractivity contribution is -0.147. The van der Waals surface area contributed by atoms with E-state index in [0.29, 0.717) is 0 Å². The maximum absolute atomic E-state index is 12.7. The van der Waals surface area contributed by atoms with Gasteiger partial charge < -0.3 is 4.74 Å². The first-order chi connectivity index (χ1) is 10.8. The van der Waals surface area contributed by atoms with Crippen LogP contribution < -0.4 is 4.90 Å². The molecule has 0 aromatic heterocycles. The van der Waals surface area contributed by atoms with Gasteiger partial charge in [0.15, 0.2) is 0 Å². The van der Waals surface area contributed by atoms with Crippen LogP contribution in [0.1, 0.15) is 12.5 Å². The number of anilines is 1. The van der Waals surface area contributed by atoms with Crippen molar-refractivity contribution in [2.45, 2.75) is 13.1 Å². The first kappa shape index (κ1) is 15.5. The molecule has 8 heteroatoms. The summed E-state index contributed by atoms with van der Waals surface area (Å²) in [5.41, 5.74) is -1.08. The zero-order valence-electron chi connectivity index (χ0n) is 12.0. The van der Waals surface area contributed by atoms with Crippen molar-refractivity contribution in [3.05, 3.63) is 29.8 Å². The average Bonchev–Trinajstić information content (AvgIpc) is 3.16. The Kier molecular flexibility index (Phi) is 3.42. The molecule has 3 atom stereocenters. The number of amides is 2. The predicted octanol–water partition coefficient (Wildman–Crippen LogP) is 2.00. The number of carbonyl (C=O) groups is 3. The van der Waals surface area contributed by atoms with E-state index in [0.717, 1.165) is 23.1 Å². The standard InChI is InChI=1S/C15H12F3NO4/c1-2-23-14(22)11-9-10(11)13(21)19(12(9)20)8-5-3-4-7(6-8)15(16,17)18/h3-6,9-11H,2H2,1H3/t9-,10+,11?. The fourth-order valence-electron chi connectivity index (χ4n) is 2.94. The Morgan fingerprint density at radius 3 is 2.35 bits per heavy atom. The number of nitrogens with zero attached hydrogens (tertiary/aromatic N) is 1. The van der Waals surface area contributed by atoms with Crippen LogP contribution in [-0.2, 0) is 25.3 Å². The number of carbonyl (C=O) groups excluding carboxylic acids is 3. The summed E-state index contributed by atoms with van der Waals surface area (Å²) in [6.07, 6.45) is -4.57. The molecule has 0 radical (unpaired) electrons. The molecule has 23 heavy (non-hydrogen) atoms. The predicted molar refractivity (Wildman–Crippen MR) is 71.0 cm³/mol. The van der Waals surface area contributed by atoms with Crippen molar-refractivity contribution >= 4 is 23.5 Å². The van der Waals surface area contributed by atoms with Crippen molar-refractivity contribution in [1.82, 2.24) is 0 Å². The van der Waals surface area contributed by atoms with E-state index in [1.165, 1.54) is 6.07 Å². The van der Waals surface area contributed by atoms with Crippen LogP contribution in [0, 0.1) is 17.8 Å². The van der Waals surface area contributed by atoms with Gasteiger partial charge in [-0.15, -0.1) is 0 Å². The Balaban J connectivity index is 1.84. The molecule has 0 bridgehead atoms. The zero-order valence-corrected chi connectivity index (χ0v) is 12.0. The molecule has 2 fully saturated rings. The molecule has 1 heterocycles. The summed E-state index contributed by atoms with van der Waals surface area (Å²) in [6, 6.07) is 4.00. The van der Waals surface area contributed by atoms with E-state index in [9.17, 15) is 27.6 Å². The molecule has 5 nitrogen and oxygen atoms in total. The van der Waals surface area contributed by atoms with Gasteiger partial charge in [-0.2, -0.15) is 13.2 Å². The van der Waals surface area contributed by atoms with Crippen molar-refractivity contribution in [3.63, 3.8) is 0 Å². The van der Waals surface area contributed by atoms with Crippen LogP contribution in [0.15, 0.2) is 24.3 Å². The van der Waals surface area contributed by atoms with Crippen molar-refractivity contribution in [2.24, 2.45) is 17.8 Å². The number of rotatable bonds is 3. The Morgan fingerprint density at radius 2 is 1.83 bits per heavy atom. The van der Waals surface area contributed by atoms with Crippen LogP contribution in [0.5, 0.6) is 0 Å². The van der Waals surface area contributed by atoms with Gasteiger partial charge >= 0.3 is 12.1 Å². The lowest BCUT2D eigenvalue weighted by atomic mass is 10.1. The molecule has 1 aromatic carbocycles. The molecule has 2 amide bonds. The fraction of sp³-hybridized carbons (Fsp3) is 0.400. The highest BCUT2D eigenvalue weighted by Crippen LogP contribution is 2.55. The van der Waals surface area contributed by atoms with E-state index in [-0.39, 0.29) is 12.3 Å². The second-order valence-electron chi connectivity index (χ2n) is 5.39. The minimum Gasteiger partial charge on any atom is -0.466 e. The number of benzene rings is 1. The fourth-order valence-corrected chi connectivity index (χ4v) is 2.94. The number of hydrogen-bond donors (Lipinski definition) is 0. The average molecular weight is 327 g/mol. The summed E-state index contributed by atoms with van der Waals surface area (Å²) >= 11 is 0. The maximum atomic E-state index is 12.7. The van der Waals surface area contributed by atoms with Gasteiger partial charge in [-0.25, -0.2) is 4.90 Å². The second kappa shape index (κ2) is 5.07. The molecule has 1 saturated heterocycles. The Labute approximate surface area is 129 Å². The van der Waals surface area contributed by atoms with Crippen molar-refractivity contribution in [2.75, 3.05) is 11.5 Å². The van der Waals surface area contributed by atoms with Gasteiger partial charge in [-0.05, 0) is 25.1 Å². The van der Waals surface area contributed by atoms with Crippen molar-refractivity contribution in [3.8, 4) is 0 Å². The second-order valence-corrected chi connectivity index (χ2v) is 5.39. The number of halogens is 3. The van der Waals surface area contributed by atoms with E-state index >= 15 is 0 Å². The first-order valence-electron chi connectivity index (χ1n) is 6.99. The summed E-state index contributed by atoms with van der Waals surface area (Å²) in [5.74, 6) is -4.38. The molecule has 0 spiro atoms. The van der Waals surface area contributed by atoms with Gasteiger partial charge in [-0.1, -0.05) is 6.07 Å². The normalized spacial score (nSPS) is 26.3. The smallest absolute Gasteiger partial charge is 0.416 e. The van der Waals surface area contributed by atoms with Gasteiger partial charge in [0.05, 0.1) is 35.6 Å². The van der Waals surface area contributed by atoms with E-state index < -0.39 is 47.3 Å². The van der Waals surface area contributed by atoms with Gasteiger partial charge in [0, 0.05) is 0 Å². The quantitative estimate of drug-likeness (QED) is 0.629. The molecular formula is C15H12F3NO4. The van der Waals surface area contributed by atoms with Gasteiger partial charge in [0.2, 0.25) is 11.8 Å². The highest BCUT2D eigenvalue weighted by atomic mass is 19.4. The van der Waals surface area contributed by atoms with Crippen molar-refractivity contribution < 1.29 is 32.3 Å². The Bertz CT molecular complexity index is 678. The van der Waals surface area contributed by atoms with Crippen LogP contribution >= 0.6 is 0 Å². The Hall–Kier alpha value is -2.38. The van der Waals surface area contributed by atoms with Crippen LogP contribution in [-0.4, -0.2) is 24.4 Å². The summed E-state index contributed by atoms with van der Waals surface area (Å²) in [7, 11) is 0. The number of imide groups is 1. The Morgan fingerprint density at radius 1 is 1.22 bits per heavy atom. The number of piperidine rings is 1. The highest BCUT2D eigenvalue weighted by molar-refractivity contribution is 6.27. The van der Waals surface area contributed by atoms with Crippen molar-refractivity contribution in [1.29, 1.82) is 0 Å². The maximum Gasteiger partial charge on any atom is 0.416 e. The summed E-state index contributed by atoms with van der Waals surface area (Å²) in [4.78, 5) is 36.9. The topological polar surface area (TPSA) is 63.7 Å². The molecule has 0 N–H and O–H groups in total. The van der Waals surface area contributed by atoms with Crippen LogP contribution in [0.4, 0.5) is 18.9 Å². The van der Waals surface area contributed by atoms with Gasteiger partial charge in [-0.3, -0.25) is 14.4 Å². The van der Waals surface area contributed by atoms with Crippen LogP contribution in [0.3, 0.4) is 0 Å². The molecule has 122 valence electrons. The lowest BCUT2D eigenvalue weighted by Crippen LogP contribution is -2.36. The van der Waals surface area contributed by atoms with E-state index in [1.807, 2.05) is 0 Å². The zero-order chi connectivity index (χ0) is 16.9. The molecule has 2 aliphatic rings. The molecule has 1 aliphatic carbocycles. The molecule has 1 aromatic rings. The van der Waals surface area contributed by atoms with Crippen LogP contribution in [0.25, 0.3) is 0 Å². The molecule has 1 aliphatic heterocycles. The molecular weight excluding hydrogens is 315 g/mol. The monoisotopic (exact) mass is 327 g/mol. The minimum absolute atomic E-state index is 0.133. The van der Waals surface area contributed by atoms with E-state index in [1.54, 1.807) is 6.92 Å². The number of fused-ring (bicyclic) bond motifs is 1. The molecule has 3 rings (SSSR count). The van der Waals surface area contributed by atoms with E-state index in [4.69, 9.17) is 4.74 Å². The SMILES string of the molecule is CCOC(=O)C1[C@H]2C(=O)N(c3cccc(C(F)(F)F)c3)C(=O)[C@@H]12. The summed E-state index contributed by atoms with van der Waals surface area (Å²) in [6.45, 7) is 1.74. The van der Waals surface area contributed by atoms with Gasteiger partial charge in [0.1, 0.15) is 0 Å². The number of hydrogen-bond acceptors (Lipinski definition) is 4. The minimum atomic E-state index is -4.57. The highest BCUT2D eigenvalue weighted by Gasteiger charge is 2.71. The number of esters is 1. The lowest BCUT2D eigenvalue weighted by Gasteiger charge is -2.19. The third kappa shape index (κ3) is 2.38. The number of ether oxygens (including phenoxy) is 1. The molecule has 1 unspecified atom stereocenters. The third-order valence-corrected chi connectivity index (χ3v) is 4.02. The summed E-state index contributed by atoms with van der Waals surface area (Å²) < 4.78 is 43.0. The number of alkyl halides is 3. The first-order valence-corrected chi connectivity index (χ1v) is 6.99. The summed E-state index contributed by atoms with van der Waals surface area (Å²) in [5, 5.41) is 0. The largest absolute Gasteiger partial charge is 0.466 e. The third-order valence-electron chi connectivity index (χ3n) is 4.02. The molecule has 1 saturated carbocycles. The van der Waals surface area contributed by atoms with Crippen LogP contribution in [0.2, 0.25) is 0 Å². The van der Waals surface area contributed by atoms with Gasteiger partial charge in [0.25, 0.3) is 0 Å². The van der Waals surface area contributed by atoms with E-state index in [2.05, 4.69) is 0 Å².